The van der Waals surface area contributed by atoms with Crippen LogP contribution in [0.2, 0.25) is 0 Å². The van der Waals surface area contributed by atoms with Gasteiger partial charge >= 0.3 is 0 Å². The molecule has 5 heteroatoms. The maximum Gasteiger partial charge on any atom is 0.182 e. The number of thioether (sulfide) groups is 2. The molecule has 0 aromatic heterocycles. The van der Waals surface area contributed by atoms with Crippen molar-refractivity contribution in [3.05, 3.63) is 0 Å². The molecule has 2 atom stereocenters. The Balaban J connectivity index is 4.47. The minimum absolute atomic E-state index is 0.526. The smallest absolute Gasteiger partial charge is 0.182 e. The summed E-state index contributed by atoms with van der Waals surface area (Å²) in [6.07, 6.45) is 3.98. The van der Waals surface area contributed by atoms with Gasteiger partial charge in [-0.3, -0.25) is 0 Å². The van der Waals surface area contributed by atoms with Crippen LogP contribution in [-0.2, 0) is 9.47 Å². The molecule has 0 aliphatic heterocycles. The molecule has 0 aliphatic carbocycles. The molecule has 0 saturated heterocycles. The van der Waals surface area contributed by atoms with Crippen molar-refractivity contribution in [2.45, 2.75) is 37.8 Å². The molecule has 1 radical (unpaired) electrons. The van der Waals surface area contributed by atoms with E-state index in [-0.39, 0.29) is 0 Å². The van der Waals surface area contributed by atoms with Crippen LogP contribution in [-0.4, -0.2) is 35.8 Å². The van der Waals surface area contributed by atoms with Crippen molar-refractivity contribution in [1.82, 2.24) is 5.32 Å². The van der Waals surface area contributed by atoms with E-state index in [4.69, 9.17) is 9.47 Å². The van der Waals surface area contributed by atoms with Crippen LogP contribution >= 0.6 is 23.5 Å². The molecule has 0 aliphatic rings. The van der Waals surface area contributed by atoms with Gasteiger partial charge < -0.3 is 9.47 Å². The fourth-order valence-electron chi connectivity index (χ4n) is 1.18. The maximum atomic E-state index is 5.63. The Labute approximate surface area is 102 Å². The number of nitrogens with zero attached hydrogens (tertiary/aromatic N) is 1. The van der Waals surface area contributed by atoms with E-state index in [0.717, 1.165) is 0 Å². The van der Waals surface area contributed by atoms with Crippen molar-refractivity contribution >= 4 is 23.5 Å². The van der Waals surface area contributed by atoms with Crippen molar-refractivity contribution in [3.63, 3.8) is 0 Å². The van der Waals surface area contributed by atoms with Crippen molar-refractivity contribution in [2.75, 3.05) is 25.7 Å². The van der Waals surface area contributed by atoms with E-state index in [0.29, 0.717) is 13.2 Å². The van der Waals surface area contributed by atoms with E-state index in [1.165, 1.54) is 0 Å². The van der Waals surface area contributed by atoms with Gasteiger partial charge in [-0.25, -0.2) is 0 Å². The largest absolute Gasteiger partial charge is 0.350 e. The highest BCUT2D eigenvalue weighted by Crippen LogP contribution is 2.31. The van der Waals surface area contributed by atoms with Crippen LogP contribution in [0.15, 0.2) is 0 Å². The molecule has 0 amide bonds. The monoisotopic (exact) mass is 252 g/mol. The quantitative estimate of drug-likeness (QED) is 0.622. The Hall–Kier alpha value is 0.580. The van der Waals surface area contributed by atoms with Gasteiger partial charge in [0.1, 0.15) is 0 Å². The first-order valence-corrected chi connectivity index (χ1v) is 7.52. The van der Waals surface area contributed by atoms with E-state index in [9.17, 15) is 0 Å². The Kier molecular flexibility index (Phi) is 7.28. The molecule has 0 heterocycles. The minimum Gasteiger partial charge on any atom is -0.350 e. The first kappa shape index (κ1) is 15.6. The van der Waals surface area contributed by atoms with E-state index in [1.807, 2.05) is 40.2 Å². The van der Waals surface area contributed by atoms with Gasteiger partial charge in [-0.2, -0.15) is 5.32 Å². The van der Waals surface area contributed by atoms with Gasteiger partial charge in [-0.1, -0.05) is 0 Å². The van der Waals surface area contributed by atoms with E-state index < -0.39 is 10.1 Å². The number of hydrogen-bond donors (Lipinski definition) is 0. The highest BCUT2D eigenvalue weighted by atomic mass is 32.2. The van der Waals surface area contributed by atoms with Crippen LogP contribution in [0, 0.1) is 0 Å². The molecule has 0 rings (SSSR count). The Morgan fingerprint density at radius 3 is 1.47 bits per heavy atom. The molecule has 0 fully saturated rings. The van der Waals surface area contributed by atoms with Crippen LogP contribution in [0.1, 0.15) is 27.7 Å². The van der Waals surface area contributed by atoms with Gasteiger partial charge in [0.25, 0.3) is 0 Å². The minimum atomic E-state index is -0.526. The second kappa shape index (κ2) is 7.01. The summed E-state index contributed by atoms with van der Waals surface area (Å²) in [5.74, 6) is 0. The van der Waals surface area contributed by atoms with Gasteiger partial charge in [-0.15, -0.1) is 23.5 Å². The lowest BCUT2D eigenvalue weighted by Crippen LogP contribution is -2.48. The van der Waals surface area contributed by atoms with Crippen LogP contribution in [0.25, 0.3) is 0 Å². The third kappa shape index (κ3) is 5.45. The fraction of sp³-hybridized carbons (Fsp3) is 1.00. The normalized spacial score (nSPS) is 19.6. The Morgan fingerprint density at radius 1 is 0.933 bits per heavy atom. The molecule has 0 N–H and O–H groups in total. The SMILES string of the molecule is CCOC(C)([N]C(C)(OCC)SC)SC. The van der Waals surface area contributed by atoms with Crippen molar-refractivity contribution in [2.24, 2.45) is 0 Å². The predicted octanol–water partition coefficient (Wildman–Crippen LogP) is 2.74. The second-order valence-corrected chi connectivity index (χ2v) is 5.51. The number of ether oxygens (including phenoxy) is 2. The van der Waals surface area contributed by atoms with Gasteiger partial charge in [0, 0.05) is 13.2 Å². The summed E-state index contributed by atoms with van der Waals surface area (Å²) in [4.78, 5) is 0. The zero-order valence-corrected chi connectivity index (χ0v) is 12.1. The first-order chi connectivity index (χ1) is 6.95. The summed E-state index contributed by atoms with van der Waals surface area (Å²) < 4.78 is 11.3. The molecule has 2 unspecified atom stereocenters. The Morgan fingerprint density at radius 2 is 1.27 bits per heavy atom. The third-order valence-corrected chi connectivity index (χ3v) is 3.92. The highest BCUT2D eigenvalue weighted by molar-refractivity contribution is 8.00. The molecule has 15 heavy (non-hydrogen) atoms. The summed E-state index contributed by atoms with van der Waals surface area (Å²) in [6.45, 7) is 9.18. The van der Waals surface area contributed by atoms with Crippen LogP contribution in [0.3, 0.4) is 0 Å². The van der Waals surface area contributed by atoms with Crippen LogP contribution < -0.4 is 5.32 Å². The van der Waals surface area contributed by atoms with Crippen LogP contribution in [0.4, 0.5) is 0 Å². The predicted molar refractivity (Wildman–Crippen MR) is 69.2 cm³/mol. The van der Waals surface area contributed by atoms with Crippen molar-refractivity contribution < 1.29 is 9.47 Å². The van der Waals surface area contributed by atoms with Gasteiger partial charge in [0.05, 0.1) is 0 Å². The molecule has 0 spiro atoms. The molecule has 0 aromatic carbocycles. The van der Waals surface area contributed by atoms with Crippen LogP contribution in [0.5, 0.6) is 0 Å². The summed E-state index contributed by atoms with van der Waals surface area (Å²) in [5, 5.41) is 3.59. The zero-order chi connectivity index (χ0) is 11.9. The fourth-order valence-corrected chi connectivity index (χ4v) is 2.24. The molecular formula is C10H22NO2S2. The maximum absolute atomic E-state index is 5.63. The molecular weight excluding hydrogens is 230 g/mol. The molecule has 0 aromatic rings. The molecule has 3 nitrogen and oxygen atoms in total. The molecule has 0 bridgehead atoms. The van der Waals surface area contributed by atoms with Gasteiger partial charge in [0.15, 0.2) is 10.1 Å². The van der Waals surface area contributed by atoms with Gasteiger partial charge in [-0.05, 0) is 40.2 Å². The van der Waals surface area contributed by atoms with Crippen molar-refractivity contribution in [1.29, 1.82) is 0 Å². The summed E-state index contributed by atoms with van der Waals surface area (Å²) in [6, 6.07) is 0. The average Bonchev–Trinajstić information content (AvgIpc) is 2.18. The topological polar surface area (TPSA) is 32.6 Å². The molecule has 91 valence electrons. The van der Waals surface area contributed by atoms with E-state index >= 15 is 0 Å². The Bertz CT molecular complexity index is 165. The lowest BCUT2D eigenvalue weighted by molar-refractivity contribution is -0.0621. The highest BCUT2D eigenvalue weighted by Gasteiger charge is 2.36. The number of hydrogen-bond acceptors (Lipinski definition) is 4. The average molecular weight is 252 g/mol. The standard InChI is InChI=1S/C10H22NO2S2/c1-7-12-9(3,14-5)11-10(4,15-6)13-8-2/h7-8H2,1-6H3. The number of rotatable bonds is 8. The summed E-state index contributed by atoms with van der Waals surface area (Å²) in [7, 11) is 0. The summed E-state index contributed by atoms with van der Waals surface area (Å²) >= 11 is 3.17. The van der Waals surface area contributed by atoms with Crippen molar-refractivity contribution in [3.8, 4) is 0 Å². The van der Waals surface area contributed by atoms with Gasteiger partial charge in [0.2, 0.25) is 0 Å². The zero-order valence-electron chi connectivity index (χ0n) is 10.5. The first-order valence-electron chi connectivity index (χ1n) is 5.07. The second-order valence-electron chi connectivity index (χ2n) is 3.18. The third-order valence-electron chi connectivity index (χ3n) is 1.99. The lowest BCUT2D eigenvalue weighted by Gasteiger charge is -2.36. The molecule has 0 saturated carbocycles. The van der Waals surface area contributed by atoms with E-state index in [2.05, 4.69) is 5.32 Å². The lowest BCUT2D eigenvalue weighted by atomic mass is 10.5. The van der Waals surface area contributed by atoms with E-state index in [1.54, 1.807) is 23.5 Å². The summed E-state index contributed by atoms with van der Waals surface area (Å²) in [5.41, 5.74) is 0.